The van der Waals surface area contributed by atoms with Gasteiger partial charge in [-0.2, -0.15) is 10.4 Å². The summed E-state index contributed by atoms with van der Waals surface area (Å²) in [5.74, 6) is 0.0202. The average molecular weight is 336 g/mol. The second kappa shape index (κ2) is 5.72. The Morgan fingerprint density at radius 1 is 1.52 bits per heavy atom. The van der Waals surface area contributed by atoms with Gasteiger partial charge in [-0.15, -0.1) is 0 Å². The summed E-state index contributed by atoms with van der Waals surface area (Å²) in [6.45, 7) is 0. The Balaban J connectivity index is 1.55. The first-order chi connectivity index (χ1) is 12.1. The highest BCUT2D eigenvalue weighted by molar-refractivity contribution is 5.90. The number of hydrogen-bond acceptors (Lipinski definition) is 6. The van der Waals surface area contributed by atoms with Gasteiger partial charge in [-0.3, -0.25) is 9.89 Å². The third-order valence-electron chi connectivity index (χ3n) is 4.33. The normalized spacial score (nSPS) is 16.3. The molecule has 2 aromatic heterocycles. The van der Waals surface area contributed by atoms with E-state index in [-0.39, 0.29) is 12.3 Å². The number of rotatable bonds is 5. The number of benzene rings is 1. The highest BCUT2D eigenvalue weighted by atomic mass is 16.3. The van der Waals surface area contributed by atoms with Gasteiger partial charge in [-0.05, 0) is 18.9 Å². The van der Waals surface area contributed by atoms with Gasteiger partial charge in [-0.1, -0.05) is 12.1 Å². The van der Waals surface area contributed by atoms with Gasteiger partial charge in [0.15, 0.2) is 11.5 Å². The first-order valence-electron chi connectivity index (χ1n) is 7.97. The fraction of sp³-hybridized carbons (Fsp3) is 0.294. The minimum absolute atomic E-state index is 0.160. The highest BCUT2D eigenvalue weighted by Gasteiger charge is 2.45. The molecule has 1 atom stereocenters. The maximum absolute atomic E-state index is 12.2. The monoisotopic (exact) mass is 336 g/mol. The molecular formula is C17H16N6O2. The number of nitrogens with two attached hydrogens (primary N) is 1. The van der Waals surface area contributed by atoms with Crippen molar-refractivity contribution >= 4 is 17.0 Å². The summed E-state index contributed by atoms with van der Waals surface area (Å²) in [4.78, 5) is 16.7. The summed E-state index contributed by atoms with van der Waals surface area (Å²) >= 11 is 0. The number of H-pyrrole nitrogens is 1. The van der Waals surface area contributed by atoms with Crippen molar-refractivity contribution in [1.82, 2.24) is 20.5 Å². The van der Waals surface area contributed by atoms with Crippen LogP contribution in [0, 0.1) is 11.3 Å². The van der Waals surface area contributed by atoms with E-state index in [0.29, 0.717) is 29.8 Å². The van der Waals surface area contributed by atoms with E-state index in [2.05, 4.69) is 26.6 Å². The lowest BCUT2D eigenvalue weighted by atomic mass is 10.1. The number of hydrogen-bond donors (Lipinski definition) is 3. The number of carbonyl (C=O) groups is 1. The van der Waals surface area contributed by atoms with Crippen LogP contribution in [0.15, 0.2) is 35.0 Å². The van der Waals surface area contributed by atoms with Crippen LogP contribution < -0.4 is 11.1 Å². The van der Waals surface area contributed by atoms with Gasteiger partial charge in [-0.25, -0.2) is 4.98 Å². The third kappa shape index (κ3) is 2.86. The smallest absolute Gasteiger partial charge is 0.238 e. The Morgan fingerprint density at radius 2 is 2.36 bits per heavy atom. The first kappa shape index (κ1) is 15.4. The van der Waals surface area contributed by atoms with E-state index < -0.39 is 11.6 Å². The van der Waals surface area contributed by atoms with Crippen molar-refractivity contribution in [2.45, 2.75) is 30.8 Å². The molecule has 1 saturated carbocycles. The van der Waals surface area contributed by atoms with Crippen LogP contribution >= 0.6 is 0 Å². The van der Waals surface area contributed by atoms with Gasteiger partial charge in [0, 0.05) is 23.7 Å². The molecule has 1 unspecified atom stereocenters. The Morgan fingerprint density at radius 3 is 3.04 bits per heavy atom. The minimum Gasteiger partial charge on any atom is -0.441 e. The fourth-order valence-electron chi connectivity index (χ4n) is 2.71. The molecule has 1 fully saturated rings. The van der Waals surface area contributed by atoms with Gasteiger partial charge in [0.1, 0.15) is 11.1 Å². The van der Waals surface area contributed by atoms with Crippen molar-refractivity contribution in [3.8, 4) is 17.2 Å². The van der Waals surface area contributed by atoms with Crippen LogP contribution in [0.1, 0.15) is 18.7 Å². The minimum atomic E-state index is -0.823. The summed E-state index contributed by atoms with van der Waals surface area (Å²) < 4.78 is 5.73. The zero-order valence-corrected chi connectivity index (χ0v) is 13.3. The van der Waals surface area contributed by atoms with E-state index in [1.165, 1.54) is 0 Å². The van der Waals surface area contributed by atoms with Crippen LogP contribution in [0.3, 0.4) is 0 Å². The largest absolute Gasteiger partial charge is 0.441 e. The molecule has 1 aliphatic rings. The molecule has 0 saturated heterocycles. The zero-order valence-electron chi connectivity index (χ0n) is 13.3. The second-order valence-electron chi connectivity index (χ2n) is 6.24. The van der Waals surface area contributed by atoms with Gasteiger partial charge in [0.25, 0.3) is 0 Å². The highest BCUT2D eigenvalue weighted by Crippen LogP contribution is 2.34. The lowest BCUT2D eigenvalue weighted by Crippen LogP contribution is -2.47. The van der Waals surface area contributed by atoms with Crippen molar-refractivity contribution in [3.63, 3.8) is 0 Å². The molecule has 4 N–H and O–H groups in total. The number of carbonyl (C=O) groups excluding carboxylic acids is 1. The molecule has 8 heteroatoms. The maximum atomic E-state index is 12.2. The molecule has 4 rings (SSSR count). The first-order valence-corrected chi connectivity index (χ1v) is 7.97. The molecule has 1 amide bonds. The van der Waals surface area contributed by atoms with Crippen LogP contribution in [-0.2, 0) is 11.2 Å². The Labute approximate surface area is 143 Å². The SMILES string of the molecule is N#CC1(NC(=O)C(N)Cc2nc3c(-c4cn[nH]c4)cccc3o2)CC1. The predicted molar refractivity (Wildman–Crippen MR) is 89.0 cm³/mol. The van der Waals surface area contributed by atoms with Crippen LogP contribution in [0.2, 0.25) is 0 Å². The zero-order chi connectivity index (χ0) is 17.4. The van der Waals surface area contributed by atoms with Crippen LogP contribution in [0.4, 0.5) is 0 Å². The number of amides is 1. The number of nitrogens with zero attached hydrogens (tertiary/aromatic N) is 3. The summed E-state index contributed by atoms with van der Waals surface area (Å²) in [7, 11) is 0. The number of aromatic nitrogens is 3. The number of para-hydroxylation sites is 1. The van der Waals surface area contributed by atoms with Crippen LogP contribution in [0.25, 0.3) is 22.2 Å². The Kier molecular flexibility index (Phi) is 3.51. The Hall–Kier alpha value is -3.18. The average Bonchev–Trinajstić information content (AvgIpc) is 3.01. The van der Waals surface area contributed by atoms with Gasteiger partial charge in [0.05, 0.1) is 18.3 Å². The summed E-state index contributed by atoms with van der Waals surface area (Å²) in [5.41, 5.74) is 8.33. The molecule has 0 bridgehead atoms. The Bertz CT molecular complexity index is 965. The van der Waals surface area contributed by atoms with E-state index >= 15 is 0 Å². The third-order valence-corrected chi connectivity index (χ3v) is 4.33. The molecular weight excluding hydrogens is 320 g/mol. The van der Waals surface area contributed by atoms with Crippen LogP contribution in [0.5, 0.6) is 0 Å². The molecule has 0 spiro atoms. The quantitative estimate of drug-likeness (QED) is 0.642. The van der Waals surface area contributed by atoms with Gasteiger partial charge < -0.3 is 15.5 Å². The lowest BCUT2D eigenvalue weighted by molar-refractivity contribution is -0.123. The summed E-state index contributed by atoms with van der Waals surface area (Å²) in [6.07, 6.45) is 4.98. The fourth-order valence-corrected chi connectivity index (χ4v) is 2.71. The molecule has 126 valence electrons. The van der Waals surface area contributed by atoms with Crippen molar-refractivity contribution in [1.29, 1.82) is 5.26 Å². The van der Waals surface area contributed by atoms with Gasteiger partial charge >= 0.3 is 0 Å². The molecule has 3 aromatic rings. The van der Waals surface area contributed by atoms with E-state index in [4.69, 9.17) is 15.4 Å². The topological polar surface area (TPSA) is 134 Å². The van der Waals surface area contributed by atoms with E-state index in [1.807, 2.05) is 18.2 Å². The summed E-state index contributed by atoms with van der Waals surface area (Å²) in [5, 5.41) is 18.5. The van der Waals surface area contributed by atoms with Crippen molar-refractivity contribution in [2.24, 2.45) is 5.73 Å². The second-order valence-corrected chi connectivity index (χ2v) is 6.24. The number of nitrogens with one attached hydrogen (secondary N) is 2. The number of oxazole rings is 1. The lowest BCUT2D eigenvalue weighted by Gasteiger charge is -2.13. The van der Waals surface area contributed by atoms with Crippen molar-refractivity contribution in [2.75, 3.05) is 0 Å². The number of nitriles is 1. The molecule has 8 nitrogen and oxygen atoms in total. The number of fused-ring (bicyclic) bond motifs is 1. The van der Waals surface area contributed by atoms with E-state index in [0.717, 1.165) is 11.1 Å². The molecule has 2 heterocycles. The van der Waals surface area contributed by atoms with Crippen LogP contribution in [-0.4, -0.2) is 32.7 Å². The molecule has 1 aromatic carbocycles. The van der Waals surface area contributed by atoms with Crippen molar-refractivity contribution < 1.29 is 9.21 Å². The number of aromatic amines is 1. The van der Waals surface area contributed by atoms with E-state index in [9.17, 15) is 4.79 Å². The molecule has 25 heavy (non-hydrogen) atoms. The standard InChI is InChI=1S/C17H16N6O2/c18-9-17(4-5-17)23-16(24)12(19)6-14-22-15-11(10-7-20-21-8-10)2-1-3-13(15)25-14/h1-3,7-8,12H,4-6,19H2,(H,20,21)(H,23,24). The molecule has 0 radical (unpaired) electrons. The van der Waals surface area contributed by atoms with Gasteiger partial charge in [0.2, 0.25) is 5.91 Å². The predicted octanol–water partition coefficient (Wildman–Crippen LogP) is 1.26. The molecule has 1 aliphatic carbocycles. The summed E-state index contributed by atoms with van der Waals surface area (Å²) in [6, 6.07) is 6.90. The van der Waals surface area contributed by atoms with E-state index in [1.54, 1.807) is 12.4 Å². The maximum Gasteiger partial charge on any atom is 0.238 e. The van der Waals surface area contributed by atoms with Crippen molar-refractivity contribution in [3.05, 3.63) is 36.5 Å². The molecule has 0 aliphatic heterocycles.